The second kappa shape index (κ2) is 9.13. The maximum atomic E-state index is 14.2. The molecule has 1 aromatic heterocycles. The molecule has 0 aromatic carbocycles. The van der Waals surface area contributed by atoms with Gasteiger partial charge in [-0.1, -0.05) is 13.3 Å². The van der Waals surface area contributed by atoms with Crippen molar-refractivity contribution in [3.05, 3.63) is 23.1 Å². The first-order valence-corrected chi connectivity index (χ1v) is 8.19. The van der Waals surface area contributed by atoms with Gasteiger partial charge >= 0.3 is 11.9 Å². The summed E-state index contributed by atoms with van der Waals surface area (Å²) < 4.78 is 29.4. The van der Waals surface area contributed by atoms with Crippen molar-refractivity contribution in [2.45, 2.75) is 58.7 Å². The average molecular weight is 366 g/mol. The van der Waals surface area contributed by atoms with E-state index in [4.69, 9.17) is 9.47 Å². The molecule has 0 radical (unpaired) electrons. The van der Waals surface area contributed by atoms with Crippen LogP contribution in [-0.4, -0.2) is 29.6 Å². The van der Waals surface area contributed by atoms with Crippen LogP contribution >= 0.6 is 0 Å². The minimum atomic E-state index is -1.58. The van der Waals surface area contributed by atoms with Crippen LogP contribution in [0.4, 0.5) is 4.39 Å². The van der Waals surface area contributed by atoms with Gasteiger partial charge in [0.15, 0.2) is 5.82 Å². The Morgan fingerprint density at radius 1 is 1.38 bits per heavy atom. The van der Waals surface area contributed by atoms with Crippen LogP contribution in [0.3, 0.4) is 0 Å². The van der Waals surface area contributed by atoms with Gasteiger partial charge < -0.3 is 14.2 Å². The molecule has 0 amide bonds. The molecule has 1 aromatic rings. The fraction of sp³-hybridized carbons (Fsp3) is 0.556. The topological polar surface area (TPSA) is 98.5 Å². The lowest BCUT2D eigenvalue weighted by Gasteiger charge is -2.22. The van der Waals surface area contributed by atoms with Crippen LogP contribution in [0.15, 0.2) is 6.07 Å². The number of hydrogen-bond acceptors (Lipinski definition) is 7. The lowest BCUT2D eigenvalue weighted by Crippen LogP contribution is -2.26. The number of carbonyl (C=O) groups is 2. The third kappa shape index (κ3) is 5.99. The molecular weight excluding hydrogens is 343 g/mol. The summed E-state index contributed by atoms with van der Waals surface area (Å²) in [6.45, 7) is 6.97. The van der Waals surface area contributed by atoms with Gasteiger partial charge in [0, 0.05) is 6.42 Å². The first-order valence-electron chi connectivity index (χ1n) is 8.19. The van der Waals surface area contributed by atoms with E-state index in [1.807, 2.05) is 6.92 Å². The summed E-state index contributed by atoms with van der Waals surface area (Å²) in [7, 11) is 1.11. The molecule has 26 heavy (non-hydrogen) atoms. The second-order valence-electron chi connectivity index (χ2n) is 6.53. The highest BCUT2D eigenvalue weighted by Gasteiger charge is 2.32. The quantitative estimate of drug-likeness (QED) is 0.683. The van der Waals surface area contributed by atoms with Crippen LogP contribution < -0.4 is 4.74 Å². The number of unbranched alkanes of at least 4 members (excludes halogenated alkanes) is 1. The smallest absolute Gasteiger partial charge is 0.353 e. The summed E-state index contributed by atoms with van der Waals surface area (Å²) in [6.07, 6.45) is -0.146. The van der Waals surface area contributed by atoms with E-state index >= 15 is 0 Å². The molecule has 1 rings (SSSR count). The highest BCUT2D eigenvalue weighted by molar-refractivity contribution is 5.81. The molecule has 142 valence electrons. The molecule has 0 bridgehead atoms. The molecule has 0 aliphatic heterocycles. The van der Waals surface area contributed by atoms with Gasteiger partial charge in [0.2, 0.25) is 6.10 Å². The number of rotatable bonds is 7. The van der Waals surface area contributed by atoms with Gasteiger partial charge in [-0.25, -0.2) is 14.2 Å². The number of carbonyl (C=O) groups excluding carboxylic acids is 2. The zero-order valence-corrected chi connectivity index (χ0v) is 15.6. The molecule has 1 unspecified atom stereocenters. The highest BCUT2D eigenvalue weighted by Crippen LogP contribution is 2.28. The maximum absolute atomic E-state index is 14.2. The molecular formula is C18H23FN2O5. The minimum absolute atomic E-state index is 0.0957. The normalized spacial score (nSPS) is 12.0. The monoisotopic (exact) mass is 366 g/mol. The number of aromatic nitrogens is 1. The number of hydrogen-bond donors (Lipinski definition) is 0. The summed E-state index contributed by atoms with van der Waals surface area (Å²) in [5, 5.41) is 9.26. The van der Waals surface area contributed by atoms with Crippen molar-refractivity contribution in [2.75, 3.05) is 7.11 Å². The fourth-order valence-electron chi connectivity index (χ4n) is 1.97. The van der Waals surface area contributed by atoms with E-state index in [-0.39, 0.29) is 17.7 Å². The van der Waals surface area contributed by atoms with Crippen LogP contribution in [0.1, 0.15) is 64.3 Å². The summed E-state index contributed by atoms with van der Waals surface area (Å²) in [4.78, 5) is 28.0. The van der Waals surface area contributed by atoms with Crippen molar-refractivity contribution in [3.63, 3.8) is 0 Å². The molecule has 0 saturated carbocycles. The summed E-state index contributed by atoms with van der Waals surface area (Å²) >= 11 is 0. The Morgan fingerprint density at radius 2 is 2.04 bits per heavy atom. The third-order valence-electron chi connectivity index (χ3n) is 3.14. The Balaban J connectivity index is 3.34. The Labute approximate surface area is 152 Å². The fourth-order valence-corrected chi connectivity index (χ4v) is 1.97. The first kappa shape index (κ1) is 21.4. The maximum Gasteiger partial charge on any atom is 0.353 e. The molecule has 0 spiro atoms. The molecule has 7 nitrogen and oxygen atoms in total. The van der Waals surface area contributed by atoms with Gasteiger partial charge in [0.1, 0.15) is 17.4 Å². The van der Waals surface area contributed by atoms with E-state index in [0.717, 1.165) is 19.6 Å². The van der Waals surface area contributed by atoms with Crippen LogP contribution in [0.2, 0.25) is 0 Å². The van der Waals surface area contributed by atoms with Crippen molar-refractivity contribution in [1.82, 2.24) is 4.98 Å². The van der Waals surface area contributed by atoms with Crippen LogP contribution in [-0.2, 0) is 19.1 Å². The van der Waals surface area contributed by atoms with Gasteiger partial charge in [-0.2, -0.15) is 5.26 Å². The molecule has 0 aliphatic carbocycles. The standard InChI is InChI=1S/C18H23FN2O5/c1-6-7-8-13(22)25-15(17(23)24-5)14-11(10-20)9-12(19)16(21-14)26-18(2,3)4/h9,15H,6-8H2,1-5H3. The molecule has 0 N–H and O–H groups in total. The van der Waals surface area contributed by atoms with E-state index in [2.05, 4.69) is 9.72 Å². The van der Waals surface area contributed by atoms with Crippen LogP contribution in [0, 0.1) is 17.1 Å². The van der Waals surface area contributed by atoms with Crippen molar-refractivity contribution in [2.24, 2.45) is 0 Å². The van der Waals surface area contributed by atoms with Gasteiger partial charge in [-0.15, -0.1) is 0 Å². The summed E-state index contributed by atoms with van der Waals surface area (Å²) in [5.41, 5.74) is -1.25. The van der Waals surface area contributed by atoms with E-state index in [1.165, 1.54) is 0 Å². The van der Waals surface area contributed by atoms with Crippen LogP contribution in [0.25, 0.3) is 0 Å². The summed E-state index contributed by atoms with van der Waals surface area (Å²) in [6, 6.07) is 2.63. The zero-order valence-electron chi connectivity index (χ0n) is 15.6. The molecule has 0 aliphatic rings. The van der Waals surface area contributed by atoms with Gasteiger partial charge in [-0.3, -0.25) is 4.79 Å². The number of pyridine rings is 1. The predicted octanol–water partition coefficient (Wildman–Crippen LogP) is 3.22. The van der Waals surface area contributed by atoms with Crippen molar-refractivity contribution >= 4 is 11.9 Å². The Hall–Kier alpha value is -2.69. The Bertz CT molecular complexity index is 707. The van der Waals surface area contributed by atoms with E-state index in [9.17, 15) is 19.2 Å². The molecule has 0 saturated heterocycles. The third-order valence-corrected chi connectivity index (χ3v) is 3.14. The lowest BCUT2D eigenvalue weighted by molar-refractivity contribution is -0.167. The van der Waals surface area contributed by atoms with Gasteiger partial charge in [0.05, 0.1) is 12.7 Å². The minimum Gasteiger partial charge on any atom is -0.470 e. The number of nitrogens with zero attached hydrogens (tertiary/aromatic N) is 2. The summed E-state index contributed by atoms with van der Waals surface area (Å²) in [5.74, 6) is -2.83. The highest BCUT2D eigenvalue weighted by atomic mass is 19.1. The van der Waals surface area contributed by atoms with Gasteiger partial charge in [0.25, 0.3) is 5.88 Å². The Morgan fingerprint density at radius 3 is 2.54 bits per heavy atom. The van der Waals surface area contributed by atoms with Crippen molar-refractivity contribution in [1.29, 1.82) is 5.26 Å². The number of ether oxygens (including phenoxy) is 3. The van der Waals surface area contributed by atoms with E-state index in [1.54, 1.807) is 26.8 Å². The van der Waals surface area contributed by atoms with Crippen LogP contribution in [0.5, 0.6) is 5.88 Å². The Kier molecular flexibility index (Phi) is 7.50. The predicted molar refractivity (Wildman–Crippen MR) is 89.7 cm³/mol. The number of esters is 2. The zero-order chi connectivity index (χ0) is 19.9. The molecule has 1 atom stereocenters. The number of nitriles is 1. The molecule has 0 fully saturated rings. The van der Waals surface area contributed by atoms with Crippen molar-refractivity contribution in [3.8, 4) is 11.9 Å². The molecule has 8 heteroatoms. The van der Waals surface area contributed by atoms with Gasteiger partial charge in [-0.05, 0) is 33.3 Å². The lowest BCUT2D eigenvalue weighted by atomic mass is 10.1. The molecule has 1 heterocycles. The second-order valence-corrected chi connectivity index (χ2v) is 6.53. The number of methoxy groups -OCH3 is 1. The SMILES string of the molecule is CCCCC(=O)OC(C(=O)OC)c1nc(OC(C)(C)C)c(F)cc1C#N. The van der Waals surface area contributed by atoms with Crippen molar-refractivity contribution < 1.29 is 28.2 Å². The van der Waals surface area contributed by atoms with E-state index in [0.29, 0.717) is 6.42 Å². The van der Waals surface area contributed by atoms with E-state index < -0.39 is 35.3 Å². The largest absolute Gasteiger partial charge is 0.470 e. The number of halogens is 1. The first-order chi connectivity index (χ1) is 12.1. The average Bonchev–Trinajstić information content (AvgIpc) is 2.57.